The van der Waals surface area contributed by atoms with Crippen molar-refractivity contribution in [2.24, 2.45) is 0 Å². The number of rotatable bonds is 14. The summed E-state index contributed by atoms with van der Waals surface area (Å²) in [5.41, 5.74) is 0. The van der Waals surface area contributed by atoms with E-state index in [2.05, 4.69) is 103 Å². The van der Waals surface area contributed by atoms with E-state index in [1.165, 1.54) is 106 Å². The zero-order chi connectivity index (χ0) is 24.9. The highest BCUT2D eigenvalue weighted by molar-refractivity contribution is 7.95. The highest BCUT2D eigenvalue weighted by Gasteiger charge is 2.44. The quantitative estimate of drug-likeness (QED) is 0.160. The van der Waals surface area contributed by atoms with Gasteiger partial charge in [0.25, 0.3) is 0 Å². The second kappa shape index (κ2) is 14.7. The van der Waals surface area contributed by atoms with E-state index in [1.807, 2.05) is 0 Å². The minimum absolute atomic E-state index is 0.867. The first kappa shape index (κ1) is 27.1. The van der Waals surface area contributed by atoms with Gasteiger partial charge in [0.2, 0.25) is 0 Å². The first-order chi connectivity index (χ1) is 17.8. The molecule has 0 saturated heterocycles. The third kappa shape index (κ3) is 7.08. The Kier molecular flexibility index (Phi) is 11.1. The van der Waals surface area contributed by atoms with Crippen LogP contribution in [0.1, 0.15) is 77.6 Å². The Bertz CT molecular complexity index is 869. The van der Waals surface area contributed by atoms with Crippen molar-refractivity contribution in [2.45, 2.75) is 83.6 Å². The molecular formula is C34H47NP+. The van der Waals surface area contributed by atoms with Gasteiger partial charge in [-0.15, -0.1) is 0 Å². The van der Waals surface area contributed by atoms with Crippen LogP contribution >= 0.6 is 7.26 Å². The zero-order valence-corrected chi connectivity index (χ0v) is 23.4. The Hall–Kier alpha value is -1.95. The van der Waals surface area contributed by atoms with Crippen molar-refractivity contribution in [3.63, 3.8) is 0 Å². The lowest BCUT2D eigenvalue weighted by atomic mass is 9.94. The summed E-state index contributed by atoms with van der Waals surface area (Å²) in [4.78, 5) is 2.83. The van der Waals surface area contributed by atoms with Gasteiger partial charge in [0, 0.05) is 6.04 Å². The molecule has 0 heterocycles. The fraction of sp³-hybridized carbons (Fsp3) is 0.471. The van der Waals surface area contributed by atoms with Crippen LogP contribution in [-0.4, -0.2) is 30.2 Å². The van der Waals surface area contributed by atoms with Gasteiger partial charge in [-0.1, -0.05) is 93.6 Å². The molecule has 3 aromatic rings. The highest BCUT2D eigenvalue weighted by Crippen LogP contribution is 2.56. The third-order valence-electron chi connectivity index (χ3n) is 8.13. The standard InChI is InChI=1S/C34H47NP/c1-2-28-35(31-20-10-6-11-21-31)29-18-4-3-5-19-30-36(32-22-12-7-13-23-32,33-24-14-8-15-25-33)34-26-16-9-17-27-34/h7-9,12-17,22-27,31H,2-6,10-11,18-21,28-30H2,1H3/q+1. The summed E-state index contributed by atoms with van der Waals surface area (Å²) in [5, 5.41) is 4.56. The molecule has 1 fully saturated rings. The topological polar surface area (TPSA) is 3.24 Å². The number of benzene rings is 3. The van der Waals surface area contributed by atoms with Crippen LogP contribution in [0.4, 0.5) is 0 Å². The molecule has 0 atom stereocenters. The Labute approximate surface area is 221 Å². The van der Waals surface area contributed by atoms with E-state index < -0.39 is 7.26 Å². The van der Waals surface area contributed by atoms with Gasteiger partial charge in [0.15, 0.2) is 0 Å². The number of hydrogen-bond donors (Lipinski definition) is 0. The molecule has 36 heavy (non-hydrogen) atoms. The van der Waals surface area contributed by atoms with Crippen molar-refractivity contribution < 1.29 is 0 Å². The van der Waals surface area contributed by atoms with Crippen LogP contribution in [-0.2, 0) is 0 Å². The number of hydrogen-bond acceptors (Lipinski definition) is 1. The molecule has 0 unspecified atom stereocenters. The van der Waals surface area contributed by atoms with Crippen LogP contribution in [0.2, 0.25) is 0 Å². The fourth-order valence-electron chi connectivity index (χ4n) is 6.29. The molecule has 0 N–H and O–H groups in total. The summed E-state index contributed by atoms with van der Waals surface area (Å²) in [7, 11) is -1.66. The van der Waals surface area contributed by atoms with E-state index in [0.717, 1.165) is 6.04 Å². The van der Waals surface area contributed by atoms with Crippen molar-refractivity contribution in [2.75, 3.05) is 19.3 Å². The van der Waals surface area contributed by atoms with Gasteiger partial charge in [-0.25, -0.2) is 0 Å². The van der Waals surface area contributed by atoms with E-state index in [4.69, 9.17) is 0 Å². The normalized spacial score (nSPS) is 14.8. The molecule has 0 aromatic heterocycles. The average molecular weight is 501 g/mol. The summed E-state index contributed by atoms with van der Waals surface area (Å²) < 4.78 is 0. The van der Waals surface area contributed by atoms with Crippen LogP contribution in [0.5, 0.6) is 0 Å². The van der Waals surface area contributed by atoms with Crippen molar-refractivity contribution in [1.82, 2.24) is 4.90 Å². The van der Waals surface area contributed by atoms with Gasteiger partial charge in [-0.05, 0) is 88.0 Å². The second-order valence-electron chi connectivity index (χ2n) is 10.6. The molecule has 3 aromatic carbocycles. The minimum Gasteiger partial charge on any atom is -0.300 e. The molecule has 4 rings (SSSR count). The molecule has 1 aliphatic rings. The van der Waals surface area contributed by atoms with E-state index in [-0.39, 0.29) is 0 Å². The number of unbranched alkanes of at least 4 members (excludes halogenated alkanes) is 4. The summed E-state index contributed by atoms with van der Waals surface area (Å²) in [6.07, 6.45) is 16.5. The largest absolute Gasteiger partial charge is 0.300 e. The van der Waals surface area contributed by atoms with Gasteiger partial charge < -0.3 is 4.90 Å². The lowest BCUT2D eigenvalue weighted by Gasteiger charge is -2.34. The molecule has 0 aliphatic heterocycles. The summed E-state index contributed by atoms with van der Waals surface area (Å²) >= 11 is 0. The predicted molar refractivity (Wildman–Crippen MR) is 162 cm³/mol. The van der Waals surface area contributed by atoms with Crippen molar-refractivity contribution in [3.05, 3.63) is 91.0 Å². The van der Waals surface area contributed by atoms with E-state index in [0.29, 0.717) is 0 Å². The van der Waals surface area contributed by atoms with Crippen LogP contribution in [0.3, 0.4) is 0 Å². The first-order valence-electron chi connectivity index (χ1n) is 14.6. The zero-order valence-electron chi connectivity index (χ0n) is 22.5. The fourth-order valence-corrected chi connectivity index (χ4v) is 10.7. The van der Waals surface area contributed by atoms with Crippen LogP contribution in [0, 0.1) is 0 Å². The van der Waals surface area contributed by atoms with Crippen molar-refractivity contribution in [1.29, 1.82) is 0 Å². The maximum Gasteiger partial charge on any atom is 0.112 e. The first-order valence-corrected chi connectivity index (χ1v) is 16.6. The highest BCUT2D eigenvalue weighted by atomic mass is 31.2. The maximum absolute atomic E-state index is 2.83. The van der Waals surface area contributed by atoms with Crippen LogP contribution < -0.4 is 15.9 Å². The average Bonchev–Trinajstić information content (AvgIpc) is 2.96. The van der Waals surface area contributed by atoms with Crippen molar-refractivity contribution >= 4 is 23.2 Å². The van der Waals surface area contributed by atoms with Gasteiger partial charge in [-0.2, -0.15) is 0 Å². The third-order valence-corrected chi connectivity index (χ3v) is 12.7. The minimum atomic E-state index is -1.66. The van der Waals surface area contributed by atoms with Crippen molar-refractivity contribution in [3.8, 4) is 0 Å². The molecule has 0 amide bonds. The molecule has 1 nitrogen and oxygen atoms in total. The Morgan fingerprint density at radius 1 is 0.583 bits per heavy atom. The SMILES string of the molecule is CCCN(CCCCCCC[P+](c1ccccc1)(c1ccccc1)c1ccccc1)C1CCCCC1. The Morgan fingerprint density at radius 2 is 1.06 bits per heavy atom. The van der Waals surface area contributed by atoms with E-state index in [9.17, 15) is 0 Å². The molecule has 2 heteroatoms. The molecule has 0 radical (unpaired) electrons. The smallest absolute Gasteiger partial charge is 0.112 e. The molecule has 1 aliphatic carbocycles. The molecular weight excluding hydrogens is 453 g/mol. The van der Waals surface area contributed by atoms with Crippen LogP contribution in [0.25, 0.3) is 0 Å². The Morgan fingerprint density at radius 3 is 1.56 bits per heavy atom. The van der Waals surface area contributed by atoms with Gasteiger partial charge in [0.1, 0.15) is 23.2 Å². The number of nitrogens with zero attached hydrogens (tertiary/aromatic N) is 1. The monoisotopic (exact) mass is 500 g/mol. The van der Waals surface area contributed by atoms with Gasteiger partial charge in [-0.3, -0.25) is 0 Å². The summed E-state index contributed by atoms with van der Waals surface area (Å²) in [6.45, 7) is 4.95. The van der Waals surface area contributed by atoms with E-state index in [1.54, 1.807) is 0 Å². The molecule has 1 saturated carbocycles. The lowest BCUT2D eigenvalue weighted by molar-refractivity contribution is 0.153. The molecule has 0 bridgehead atoms. The lowest BCUT2D eigenvalue weighted by Crippen LogP contribution is -2.38. The molecule has 192 valence electrons. The van der Waals surface area contributed by atoms with Gasteiger partial charge in [0.05, 0.1) is 6.16 Å². The molecule has 0 spiro atoms. The second-order valence-corrected chi connectivity index (χ2v) is 14.3. The maximum atomic E-state index is 2.83. The van der Waals surface area contributed by atoms with Crippen LogP contribution in [0.15, 0.2) is 91.0 Å². The summed E-state index contributed by atoms with van der Waals surface area (Å²) in [5.74, 6) is 0. The predicted octanol–water partition coefficient (Wildman–Crippen LogP) is 7.98. The van der Waals surface area contributed by atoms with Gasteiger partial charge >= 0.3 is 0 Å². The Balaban J connectivity index is 1.38. The summed E-state index contributed by atoms with van der Waals surface area (Å²) in [6, 6.07) is 35.0. The van der Waals surface area contributed by atoms with E-state index >= 15 is 0 Å².